The normalized spacial score (nSPS) is 39.3. The zero-order valence-electron chi connectivity index (χ0n) is 12.1. The fraction of sp³-hybridized carbons (Fsp3) is 1.00. The number of hydrogen-bond acceptors (Lipinski definition) is 3. The van der Waals surface area contributed by atoms with Gasteiger partial charge in [0.1, 0.15) is 0 Å². The van der Waals surface area contributed by atoms with Crippen molar-refractivity contribution in [1.82, 2.24) is 15.1 Å². The summed E-state index contributed by atoms with van der Waals surface area (Å²) >= 11 is 0. The highest BCUT2D eigenvalue weighted by atomic mass is 15.3. The molecule has 1 saturated carbocycles. The molecule has 0 aromatic carbocycles. The minimum absolute atomic E-state index is 0.724. The van der Waals surface area contributed by atoms with E-state index in [-0.39, 0.29) is 0 Å². The monoisotopic (exact) mass is 251 g/mol. The van der Waals surface area contributed by atoms with E-state index in [1.807, 2.05) is 0 Å². The van der Waals surface area contributed by atoms with Crippen LogP contribution in [0.15, 0.2) is 0 Å². The number of hydrogen-bond donors (Lipinski definition) is 1. The summed E-state index contributed by atoms with van der Waals surface area (Å²) in [5.41, 5.74) is 0. The average molecular weight is 251 g/mol. The van der Waals surface area contributed by atoms with Crippen molar-refractivity contribution in [3.63, 3.8) is 0 Å². The largest absolute Gasteiger partial charge is 0.311 e. The fourth-order valence-electron chi connectivity index (χ4n) is 3.81. The van der Waals surface area contributed by atoms with Crippen LogP contribution in [0.5, 0.6) is 0 Å². The van der Waals surface area contributed by atoms with E-state index in [0.29, 0.717) is 0 Å². The van der Waals surface area contributed by atoms with Crippen LogP contribution in [0.2, 0.25) is 0 Å². The Balaban J connectivity index is 1.56. The predicted molar refractivity (Wildman–Crippen MR) is 75.9 cm³/mol. The quantitative estimate of drug-likeness (QED) is 0.820. The van der Waals surface area contributed by atoms with Gasteiger partial charge in [0.05, 0.1) is 0 Å². The van der Waals surface area contributed by atoms with Gasteiger partial charge in [0.2, 0.25) is 0 Å². The second-order valence-electron chi connectivity index (χ2n) is 6.61. The first kappa shape index (κ1) is 12.9. The lowest BCUT2D eigenvalue weighted by molar-refractivity contribution is 0.0898. The van der Waals surface area contributed by atoms with Gasteiger partial charge in [-0.05, 0) is 32.6 Å². The number of nitrogens with one attached hydrogen (secondary N) is 1. The molecule has 0 amide bonds. The fourth-order valence-corrected chi connectivity index (χ4v) is 3.81. The smallest absolute Gasteiger partial charge is 0.0239 e. The Labute approximate surface area is 112 Å². The summed E-state index contributed by atoms with van der Waals surface area (Å²) in [4.78, 5) is 5.55. The van der Waals surface area contributed by atoms with Crippen molar-refractivity contribution in [3.05, 3.63) is 0 Å². The van der Waals surface area contributed by atoms with Gasteiger partial charge < -0.3 is 5.32 Å². The van der Waals surface area contributed by atoms with Crippen molar-refractivity contribution in [1.29, 1.82) is 0 Å². The Bertz CT molecular complexity index is 277. The Kier molecular flexibility index (Phi) is 3.92. The number of likely N-dealkylation sites (tertiary alicyclic amines) is 1. The molecule has 3 fully saturated rings. The highest BCUT2D eigenvalue weighted by Crippen LogP contribution is 2.32. The molecule has 3 unspecified atom stereocenters. The maximum absolute atomic E-state index is 3.71. The molecule has 3 heteroatoms. The van der Waals surface area contributed by atoms with Crippen LogP contribution >= 0.6 is 0 Å². The van der Waals surface area contributed by atoms with Gasteiger partial charge in [-0.3, -0.25) is 9.80 Å². The first-order valence-corrected chi connectivity index (χ1v) is 8.01. The van der Waals surface area contributed by atoms with Crippen molar-refractivity contribution in [3.8, 4) is 0 Å². The summed E-state index contributed by atoms with van der Waals surface area (Å²) in [7, 11) is 0. The standard InChI is InChI=1S/C15H29N3/c1-3-4-13-10-18(12(2)9-16-13)15-7-8-17(11-15)14-5-6-14/h12-16H,3-11H2,1-2H3. The lowest BCUT2D eigenvalue weighted by Crippen LogP contribution is -2.58. The molecule has 0 aromatic rings. The molecule has 0 radical (unpaired) electrons. The summed E-state index contributed by atoms with van der Waals surface area (Å²) in [6.07, 6.45) is 6.96. The number of piperazine rings is 1. The third kappa shape index (κ3) is 2.73. The van der Waals surface area contributed by atoms with Gasteiger partial charge in [-0.15, -0.1) is 0 Å². The summed E-state index contributed by atoms with van der Waals surface area (Å²) in [5, 5.41) is 3.71. The van der Waals surface area contributed by atoms with E-state index >= 15 is 0 Å². The zero-order chi connectivity index (χ0) is 12.5. The molecule has 0 aromatic heterocycles. The molecule has 1 aliphatic carbocycles. The molecule has 0 bridgehead atoms. The lowest BCUT2D eigenvalue weighted by Gasteiger charge is -2.42. The summed E-state index contributed by atoms with van der Waals surface area (Å²) in [6.45, 7) is 9.85. The molecule has 104 valence electrons. The molecule has 1 N–H and O–H groups in total. The Morgan fingerprint density at radius 2 is 1.94 bits per heavy atom. The molecule has 2 aliphatic heterocycles. The molecule has 2 saturated heterocycles. The first-order valence-electron chi connectivity index (χ1n) is 8.01. The maximum Gasteiger partial charge on any atom is 0.0239 e. The van der Waals surface area contributed by atoms with Gasteiger partial charge in [-0.1, -0.05) is 13.3 Å². The Morgan fingerprint density at radius 1 is 1.11 bits per heavy atom. The van der Waals surface area contributed by atoms with Crippen LogP contribution in [-0.4, -0.2) is 60.1 Å². The zero-order valence-corrected chi connectivity index (χ0v) is 12.1. The summed E-state index contributed by atoms with van der Waals surface area (Å²) in [5.74, 6) is 0. The molecule has 3 nitrogen and oxygen atoms in total. The number of rotatable bonds is 4. The van der Waals surface area contributed by atoms with Gasteiger partial charge in [0.15, 0.2) is 0 Å². The molecule has 3 rings (SSSR count). The van der Waals surface area contributed by atoms with Gasteiger partial charge in [-0.25, -0.2) is 0 Å². The van der Waals surface area contributed by atoms with E-state index in [0.717, 1.165) is 24.2 Å². The second kappa shape index (κ2) is 5.48. The van der Waals surface area contributed by atoms with Crippen LogP contribution in [-0.2, 0) is 0 Å². The first-order chi connectivity index (χ1) is 8.78. The van der Waals surface area contributed by atoms with Crippen LogP contribution in [0.25, 0.3) is 0 Å². The van der Waals surface area contributed by atoms with Crippen LogP contribution in [0.4, 0.5) is 0 Å². The van der Waals surface area contributed by atoms with Crippen LogP contribution in [0.3, 0.4) is 0 Å². The minimum atomic E-state index is 0.724. The topological polar surface area (TPSA) is 18.5 Å². The van der Waals surface area contributed by atoms with Crippen LogP contribution in [0.1, 0.15) is 46.0 Å². The van der Waals surface area contributed by atoms with E-state index < -0.39 is 0 Å². The van der Waals surface area contributed by atoms with Crippen LogP contribution < -0.4 is 5.32 Å². The van der Waals surface area contributed by atoms with E-state index in [1.54, 1.807) is 0 Å². The minimum Gasteiger partial charge on any atom is -0.311 e. The van der Waals surface area contributed by atoms with Crippen molar-refractivity contribution in [2.24, 2.45) is 0 Å². The summed E-state index contributed by atoms with van der Waals surface area (Å²) in [6, 6.07) is 3.25. The molecule has 2 heterocycles. The predicted octanol–water partition coefficient (Wildman–Crippen LogP) is 1.69. The van der Waals surface area contributed by atoms with Crippen molar-refractivity contribution < 1.29 is 0 Å². The van der Waals surface area contributed by atoms with Gasteiger partial charge in [0, 0.05) is 50.3 Å². The highest BCUT2D eigenvalue weighted by Gasteiger charge is 2.38. The van der Waals surface area contributed by atoms with E-state index in [9.17, 15) is 0 Å². The molecule has 3 aliphatic rings. The highest BCUT2D eigenvalue weighted by molar-refractivity contribution is 4.96. The molecule has 0 spiro atoms. The second-order valence-corrected chi connectivity index (χ2v) is 6.61. The molecule has 3 atom stereocenters. The Morgan fingerprint density at radius 3 is 2.67 bits per heavy atom. The molecule has 18 heavy (non-hydrogen) atoms. The van der Waals surface area contributed by atoms with Crippen molar-refractivity contribution in [2.75, 3.05) is 26.2 Å². The molecular weight excluding hydrogens is 222 g/mol. The van der Waals surface area contributed by atoms with Crippen molar-refractivity contribution >= 4 is 0 Å². The van der Waals surface area contributed by atoms with Crippen molar-refractivity contribution in [2.45, 2.75) is 70.1 Å². The van der Waals surface area contributed by atoms with Gasteiger partial charge >= 0.3 is 0 Å². The third-order valence-electron chi connectivity index (χ3n) is 5.06. The van der Waals surface area contributed by atoms with E-state index in [4.69, 9.17) is 0 Å². The molecular formula is C15H29N3. The van der Waals surface area contributed by atoms with Gasteiger partial charge in [0.25, 0.3) is 0 Å². The maximum atomic E-state index is 3.71. The third-order valence-corrected chi connectivity index (χ3v) is 5.06. The van der Waals surface area contributed by atoms with E-state index in [2.05, 4.69) is 29.0 Å². The number of nitrogens with zero attached hydrogens (tertiary/aromatic N) is 2. The lowest BCUT2D eigenvalue weighted by atomic mass is 10.0. The SMILES string of the molecule is CCCC1CN(C2CCN(C3CC3)C2)C(C)CN1. The van der Waals surface area contributed by atoms with E-state index in [1.165, 1.54) is 58.3 Å². The average Bonchev–Trinajstić information content (AvgIpc) is 3.11. The van der Waals surface area contributed by atoms with Crippen LogP contribution in [0, 0.1) is 0 Å². The summed E-state index contributed by atoms with van der Waals surface area (Å²) < 4.78 is 0. The Hall–Kier alpha value is -0.120. The van der Waals surface area contributed by atoms with Gasteiger partial charge in [-0.2, -0.15) is 0 Å².